The van der Waals surface area contributed by atoms with E-state index in [0.29, 0.717) is 10.2 Å². The van der Waals surface area contributed by atoms with Crippen molar-refractivity contribution in [1.29, 1.82) is 0 Å². The highest BCUT2D eigenvalue weighted by molar-refractivity contribution is 9.10. The fourth-order valence-electron chi connectivity index (χ4n) is 2.73. The zero-order chi connectivity index (χ0) is 21.7. The van der Waals surface area contributed by atoms with Crippen LogP contribution in [-0.2, 0) is 0 Å². The quantitative estimate of drug-likeness (QED) is 0.290. The van der Waals surface area contributed by atoms with Crippen molar-refractivity contribution in [3.05, 3.63) is 94.9 Å². The van der Waals surface area contributed by atoms with Crippen molar-refractivity contribution in [3.63, 3.8) is 0 Å². The number of carbonyl (C=O) groups is 1. The summed E-state index contributed by atoms with van der Waals surface area (Å²) in [5, 5.41) is 2.38. The molecule has 0 amide bonds. The summed E-state index contributed by atoms with van der Waals surface area (Å²) in [6.45, 7) is 0. The fraction of sp³-hybridized carbons (Fsp3) is 0.0909. The zero-order valence-corrected chi connectivity index (χ0v) is 17.4. The zero-order valence-electron chi connectivity index (χ0n) is 15.8. The average molecular weight is 478 g/mol. The molecule has 0 radical (unpaired) electrons. The minimum Gasteiger partial charge on any atom is -0.497 e. The van der Waals surface area contributed by atoms with E-state index in [0.717, 1.165) is 4.57 Å². The lowest BCUT2D eigenvalue weighted by molar-refractivity contribution is -0.578. The molecular weight excluding hydrogens is 461 g/mol. The van der Waals surface area contributed by atoms with E-state index in [4.69, 9.17) is 4.74 Å². The Balaban J connectivity index is 2.18. The molecule has 0 spiro atoms. The number of carbonyl (C=O) groups excluding carboxylic acids is 1. The third-order valence-electron chi connectivity index (χ3n) is 4.17. The largest absolute Gasteiger partial charge is 0.497 e. The lowest BCUT2D eigenvalue weighted by atomic mass is 10.1. The number of ketones is 1. The Labute approximate surface area is 179 Å². The molecule has 154 valence electrons. The fourth-order valence-corrected chi connectivity index (χ4v) is 2.99. The normalized spacial score (nSPS) is 12.2. The van der Waals surface area contributed by atoms with E-state index in [1.54, 1.807) is 30.3 Å². The predicted molar refractivity (Wildman–Crippen MR) is 111 cm³/mol. The predicted octanol–water partition coefficient (Wildman–Crippen LogP) is 5.47. The minimum atomic E-state index is -4.82. The van der Waals surface area contributed by atoms with Crippen LogP contribution < -0.4 is 14.6 Å². The maximum atomic E-state index is 14.1. The number of nitrogens with zero attached hydrogens (tertiary/aromatic N) is 1. The summed E-state index contributed by atoms with van der Waals surface area (Å²) in [4.78, 5) is 13.2. The number of ether oxygens (including phenoxy) is 1. The van der Waals surface area contributed by atoms with Crippen LogP contribution in [0, 0.1) is 0 Å². The molecule has 0 unspecified atom stereocenters. The first kappa shape index (κ1) is 21.6. The Morgan fingerprint density at radius 2 is 1.57 bits per heavy atom. The second-order valence-corrected chi connectivity index (χ2v) is 7.11. The van der Waals surface area contributed by atoms with E-state index >= 15 is 0 Å². The van der Waals surface area contributed by atoms with Gasteiger partial charge >= 0.3 is 6.18 Å². The Bertz CT molecular complexity index is 1050. The number of Topliss-reactive ketones (excluding diaryl/α,β-unsaturated/α-hetero) is 1. The van der Waals surface area contributed by atoms with Crippen molar-refractivity contribution >= 4 is 33.1 Å². The molecule has 4 nitrogen and oxygen atoms in total. The molecule has 1 N–H and O–H groups in total. The SMILES string of the molecule is COc1ccc(NC(=C(C(=O)c2ccc(Br)cc2)[n+]2ccccc2)C(F)(F)F)cc1. The van der Waals surface area contributed by atoms with Gasteiger partial charge in [0.25, 0.3) is 11.5 Å². The molecule has 0 fully saturated rings. The topological polar surface area (TPSA) is 42.2 Å². The maximum absolute atomic E-state index is 14.1. The van der Waals surface area contributed by atoms with Gasteiger partial charge in [0.2, 0.25) is 0 Å². The summed E-state index contributed by atoms with van der Waals surface area (Å²) >= 11 is 3.26. The summed E-state index contributed by atoms with van der Waals surface area (Å²) in [7, 11) is 1.46. The number of rotatable bonds is 6. The van der Waals surface area contributed by atoms with Gasteiger partial charge in [-0.05, 0) is 48.5 Å². The van der Waals surface area contributed by atoms with Crippen LogP contribution >= 0.6 is 15.9 Å². The molecule has 0 aliphatic rings. The highest BCUT2D eigenvalue weighted by atomic mass is 79.9. The van der Waals surface area contributed by atoms with Crippen molar-refractivity contribution in [3.8, 4) is 5.75 Å². The molecule has 0 aliphatic heterocycles. The first-order valence-corrected chi connectivity index (χ1v) is 9.58. The van der Waals surface area contributed by atoms with Crippen molar-refractivity contribution in [2.75, 3.05) is 12.4 Å². The standard InChI is InChI=1S/C22H16BrF3N2O2/c1-30-18-11-9-17(10-12-18)27-21(22(24,25)26)19(28-13-3-2-4-14-28)20(29)15-5-7-16(23)8-6-15/h2-14H,1H3/p+1. The van der Waals surface area contributed by atoms with Gasteiger partial charge in [-0.1, -0.05) is 22.0 Å². The second kappa shape index (κ2) is 9.13. The lowest BCUT2D eigenvalue weighted by Gasteiger charge is -2.16. The van der Waals surface area contributed by atoms with Crippen molar-refractivity contribution in [1.82, 2.24) is 0 Å². The van der Waals surface area contributed by atoms with Gasteiger partial charge in [-0.15, -0.1) is 0 Å². The van der Waals surface area contributed by atoms with Crippen molar-refractivity contribution in [2.24, 2.45) is 0 Å². The van der Waals surface area contributed by atoms with Gasteiger partial charge in [-0.25, -0.2) is 0 Å². The van der Waals surface area contributed by atoms with Gasteiger partial charge in [0.15, 0.2) is 18.1 Å². The van der Waals surface area contributed by atoms with E-state index < -0.39 is 23.4 Å². The maximum Gasteiger partial charge on any atom is 0.438 e. The number of hydrogen-bond acceptors (Lipinski definition) is 3. The van der Waals surface area contributed by atoms with Gasteiger partial charge in [0.1, 0.15) is 5.75 Å². The first-order chi connectivity index (χ1) is 14.3. The molecule has 1 aromatic heterocycles. The summed E-state index contributed by atoms with van der Waals surface area (Å²) in [6, 6.07) is 16.9. The number of halogens is 4. The molecule has 0 atom stereocenters. The monoisotopic (exact) mass is 477 g/mol. The van der Waals surface area contributed by atoms with Gasteiger partial charge in [0, 0.05) is 27.9 Å². The van der Waals surface area contributed by atoms with Crippen molar-refractivity contribution < 1.29 is 27.3 Å². The molecule has 30 heavy (non-hydrogen) atoms. The molecule has 0 saturated heterocycles. The summed E-state index contributed by atoms with van der Waals surface area (Å²) < 4.78 is 49.2. The van der Waals surface area contributed by atoms with Crippen LogP contribution in [0.4, 0.5) is 18.9 Å². The summed E-state index contributed by atoms with van der Waals surface area (Å²) in [5.41, 5.74) is -1.42. The highest BCUT2D eigenvalue weighted by Crippen LogP contribution is 2.31. The molecule has 3 rings (SSSR count). The van der Waals surface area contributed by atoms with E-state index in [-0.39, 0.29) is 11.3 Å². The molecule has 3 aromatic rings. The number of aromatic nitrogens is 1. The number of nitrogens with one attached hydrogen (secondary N) is 1. The Kier molecular flexibility index (Phi) is 6.56. The number of benzene rings is 2. The number of anilines is 1. The number of allylic oxidation sites excluding steroid dienone is 2. The Morgan fingerprint density at radius 1 is 0.967 bits per heavy atom. The van der Waals surface area contributed by atoms with Crippen LogP contribution in [0.15, 0.2) is 89.3 Å². The van der Waals surface area contributed by atoms with Gasteiger partial charge < -0.3 is 10.1 Å². The summed E-state index contributed by atoms with van der Waals surface area (Å²) in [6.07, 6.45) is -2.02. The van der Waals surface area contributed by atoms with Crippen LogP contribution in [0.2, 0.25) is 0 Å². The van der Waals surface area contributed by atoms with E-state index in [2.05, 4.69) is 21.2 Å². The number of hydrogen-bond donors (Lipinski definition) is 1. The molecule has 1 heterocycles. The van der Waals surface area contributed by atoms with Gasteiger partial charge in [0.05, 0.1) is 7.11 Å². The van der Waals surface area contributed by atoms with Gasteiger partial charge in [-0.2, -0.15) is 17.7 Å². The van der Waals surface area contributed by atoms with E-state index in [1.165, 1.54) is 55.9 Å². The van der Waals surface area contributed by atoms with Crippen LogP contribution in [0.5, 0.6) is 5.75 Å². The first-order valence-electron chi connectivity index (χ1n) is 8.79. The molecule has 8 heteroatoms. The molecule has 0 saturated carbocycles. The summed E-state index contributed by atoms with van der Waals surface area (Å²) in [5.74, 6) is -0.270. The van der Waals surface area contributed by atoms with Gasteiger partial charge in [-0.3, -0.25) is 4.79 Å². The second-order valence-electron chi connectivity index (χ2n) is 6.19. The number of pyridine rings is 1. The van der Waals surface area contributed by atoms with Crippen molar-refractivity contribution in [2.45, 2.75) is 6.18 Å². The number of alkyl halides is 3. The van der Waals surface area contributed by atoms with Crippen LogP contribution in [-0.4, -0.2) is 19.1 Å². The molecular formula is C22H17BrF3N2O2+. The smallest absolute Gasteiger partial charge is 0.438 e. The van der Waals surface area contributed by atoms with Crippen LogP contribution in [0.1, 0.15) is 10.4 Å². The van der Waals surface area contributed by atoms with Crippen LogP contribution in [0.3, 0.4) is 0 Å². The van der Waals surface area contributed by atoms with E-state index in [1.807, 2.05) is 0 Å². The Hall–Kier alpha value is -3.13. The molecule has 0 aliphatic carbocycles. The lowest BCUT2D eigenvalue weighted by Crippen LogP contribution is -2.40. The molecule has 2 aromatic carbocycles. The van der Waals surface area contributed by atoms with Crippen LogP contribution in [0.25, 0.3) is 5.70 Å². The number of methoxy groups -OCH3 is 1. The molecule has 0 bridgehead atoms. The Morgan fingerprint density at radius 3 is 2.10 bits per heavy atom. The third kappa shape index (κ3) is 5.07. The highest BCUT2D eigenvalue weighted by Gasteiger charge is 2.43. The average Bonchev–Trinajstić information content (AvgIpc) is 2.74. The minimum absolute atomic E-state index is 0.128. The van der Waals surface area contributed by atoms with E-state index in [9.17, 15) is 18.0 Å². The third-order valence-corrected chi connectivity index (χ3v) is 4.70.